The Morgan fingerprint density at radius 1 is 0.880 bits per heavy atom. The normalized spacial score (nSPS) is 10.2. The van der Waals surface area contributed by atoms with E-state index in [1.807, 2.05) is 26.0 Å². The number of hydrogen-bond acceptors (Lipinski definition) is 3. The summed E-state index contributed by atoms with van der Waals surface area (Å²) >= 11 is 0. The summed E-state index contributed by atoms with van der Waals surface area (Å²) in [6.07, 6.45) is 0.236. The molecule has 0 saturated heterocycles. The van der Waals surface area contributed by atoms with Gasteiger partial charge in [-0.15, -0.1) is 0 Å². The number of benzene rings is 2. The van der Waals surface area contributed by atoms with Crippen LogP contribution in [-0.2, 0) is 4.79 Å². The van der Waals surface area contributed by atoms with Crippen molar-refractivity contribution in [3.8, 4) is 0 Å². The second-order valence-corrected chi connectivity index (χ2v) is 5.93. The van der Waals surface area contributed by atoms with E-state index in [1.54, 1.807) is 37.4 Å². The first-order valence-corrected chi connectivity index (χ1v) is 8.13. The summed E-state index contributed by atoms with van der Waals surface area (Å²) in [5, 5.41) is 5.25. The van der Waals surface area contributed by atoms with Crippen molar-refractivity contribution in [2.75, 3.05) is 12.4 Å². The van der Waals surface area contributed by atoms with Gasteiger partial charge in [0.1, 0.15) is 0 Å². The van der Waals surface area contributed by atoms with Crippen LogP contribution in [0.5, 0.6) is 0 Å². The van der Waals surface area contributed by atoms with Gasteiger partial charge in [-0.2, -0.15) is 0 Å². The number of Topliss-reactive ketones (excluding diaryl/α,β-unsaturated/α-hetero) is 1. The van der Waals surface area contributed by atoms with E-state index in [9.17, 15) is 14.4 Å². The smallest absolute Gasteiger partial charge is 0.251 e. The molecular formula is C20H22N2O3. The van der Waals surface area contributed by atoms with Crippen molar-refractivity contribution < 1.29 is 14.4 Å². The highest BCUT2D eigenvalue weighted by Gasteiger charge is 2.11. The molecule has 0 aliphatic rings. The zero-order valence-corrected chi connectivity index (χ0v) is 14.7. The third kappa shape index (κ3) is 5.01. The number of hydrogen-bond donors (Lipinski definition) is 2. The Kier molecular flexibility index (Phi) is 6.06. The summed E-state index contributed by atoms with van der Waals surface area (Å²) in [4.78, 5) is 35.9. The van der Waals surface area contributed by atoms with Gasteiger partial charge in [0.15, 0.2) is 5.78 Å². The Bertz CT molecular complexity index is 812. The van der Waals surface area contributed by atoms with E-state index in [0.29, 0.717) is 16.8 Å². The van der Waals surface area contributed by atoms with Crippen LogP contribution in [0.4, 0.5) is 5.69 Å². The molecule has 2 aromatic rings. The molecule has 0 saturated carbocycles. The molecule has 0 bridgehead atoms. The molecule has 0 spiro atoms. The molecule has 0 aromatic heterocycles. The fourth-order valence-corrected chi connectivity index (χ4v) is 2.39. The van der Waals surface area contributed by atoms with E-state index < -0.39 is 0 Å². The SMILES string of the molecule is CNC(=O)c1cccc(NC(=O)CCC(=O)c2ccc(C)c(C)c2)c1. The maximum Gasteiger partial charge on any atom is 0.251 e. The van der Waals surface area contributed by atoms with Crippen LogP contribution in [0.2, 0.25) is 0 Å². The minimum atomic E-state index is -0.258. The van der Waals surface area contributed by atoms with Crippen LogP contribution >= 0.6 is 0 Å². The fraction of sp³-hybridized carbons (Fsp3) is 0.250. The van der Waals surface area contributed by atoms with E-state index in [-0.39, 0.29) is 30.4 Å². The zero-order chi connectivity index (χ0) is 18.4. The molecule has 2 N–H and O–H groups in total. The first-order chi connectivity index (χ1) is 11.9. The molecule has 5 heteroatoms. The lowest BCUT2D eigenvalue weighted by molar-refractivity contribution is -0.116. The predicted octanol–water partition coefficient (Wildman–Crippen LogP) is 3.26. The van der Waals surface area contributed by atoms with Gasteiger partial charge in [-0.25, -0.2) is 0 Å². The van der Waals surface area contributed by atoms with Crippen molar-refractivity contribution in [1.29, 1.82) is 0 Å². The number of carbonyl (C=O) groups excluding carboxylic acids is 3. The summed E-state index contributed by atoms with van der Waals surface area (Å²) in [6, 6.07) is 12.2. The van der Waals surface area contributed by atoms with E-state index in [4.69, 9.17) is 0 Å². The number of aryl methyl sites for hydroxylation is 2. The zero-order valence-electron chi connectivity index (χ0n) is 14.7. The first kappa shape index (κ1) is 18.4. The van der Waals surface area contributed by atoms with Crippen LogP contribution in [0.15, 0.2) is 42.5 Å². The second-order valence-electron chi connectivity index (χ2n) is 5.93. The van der Waals surface area contributed by atoms with Crippen molar-refractivity contribution in [3.63, 3.8) is 0 Å². The highest BCUT2D eigenvalue weighted by Crippen LogP contribution is 2.14. The third-order valence-electron chi connectivity index (χ3n) is 4.04. The Hall–Kier alpha value is -2.95. The maximum absolute atomic E-state index is 12.2. The minimum absolute atomic E-state index is 0.0580. The van der Waals surface area contributed by atoms with Crippen LogP contribution in [0.25, 0.3) is 0 Å². The number of carbonyl (C=O) groups is 3. The van der Waals surface area contributed by atoms with Crippen molar-refractivity contribution in [2.45, 2.75) is 26.7 Å². The van der Waals surface area contributed by atoms with Crippen molar-refractivity contribution >= 4 is 23.3 Å². The second kappa shape index (κ2) is 8.24. The van der Waals surface area contributed by atoms with Crippen molar-refractivity contribution in [3.05, 3.63) is 64.7 Å². The highest BCUT2D eigenvalue weighted by atomic mass is 16.2. The summed E-state index contributed by atoms with van der Waals surface area (Å²) < 4.78 is 0. The van der Waals surface area contributed by atoms with Gasteiger partial charge in [0.25, 0.3) is 5.91 Å². The van der Waals surface area contributed by atoms with Gasteiger partial charge in [-0.1, -0.05) is 18.2 Å². The lowest BCUT2D eigenvalue weighted by Gasteiger charge is -2.07. The highest BCUT2D eigenvalue weighted by molar-refractivity contribution is 6.01. The van der Waals surface area contributed by atoms with Gasteiger partial charge in [-0.3, -0.25) is 14.4 Å². The first-order valence-electron chi connectivity index (χ1n) is 8.13. The molecule has 2 rings (SSSR count). The molecule has 2 amide bonds. The Balaban J connectivity index is 1.93. The van der Waals surface area contributed by atoms with E-state index >= 15 is 0 Å². The topological polar surface area (TPSA) is 75.3 Å². The minimum Gasteiger partial charge on any atom is -0.355 e. The summed E-state index contributed by atoms with van der Waals surface area (Å²) in [5.41, 5.74) is 3.81. The predicted molar refractivity (Wildman–Crippen MR) is 97.9 cm³/mol. The lowest BCUT2D eigenvalue weighted by Crippen LogP contribution is -2.18. The molecular weight excluding hydrogens is 316 g/mol. The maximum atomic E-state index is 12.2. The number of rotatable bonds is 6. The number of ketones is 1. The average Bonchev–Trinajstić information content (AvgIpc) is 2.61. The molecule has 25 heavy (non-hydrogen) atoms. The molecule has 2 aromatic carbocycles. The third-order valence-corrected chi connectivity index (χ3v) is 4.04. The Morgan fingerprint density at radius 2 is 1.64 bits per heavy atom. The Labute approximate surface area is 147 Å². The number of anilines is 1. The number of amides is 2. The summed E-state index contributed by atoms with van der Waals surface area (Å²) in [7, 11) is 1.55. The van der Waals surface area contributed by atoms with Gasteiger partial charge in [0.2, 0.25) is 5.91 Å². The molecule has 130 valence electrons. The Morgan fingerprint density at radius 3 is 2.32 bits per heavy atom. The van der Waals surface area contributed by atoms with Gasteiger partial charge in [-0.05, 0) is 49.2 Å². The van der Waals surface area contributed by atoms with Crippen molar-refractivity contribution in [2.24, 2.45) is 0 Å². The van der Waals surface area contributed by atoms with Crippen LogP contribution in [0, 0.1) is 13.8 Å². The van der Waals surface area contributed by atoms with Gasteiger partial charge >= 0.3 is 0 Å². The van der Waals surface area contributed by atoms with Crippen LogP contribution in [0.3, 0.4) is 0 Å². The van der Waals surface area contributed by atoms with Crippen molar-refractivity contribution in [1.82, 2.24) is 5.32 Å². The lowest BCUT2D eigenvalue weighted by atomic mass is 10.0. The molecule has 0 unspecified atom stereocenters. The fourth-order valence-electron chi connectivity index (χ4n) is 2.39. The van der Waals surface area contributed by atoms with E-state index in [2.05, 4.69) is 10.6 Å². The van der Waals surface area contributed by atoms with Crippen LogP contribution in [-0.4, -0.2) is 24.6 Å². The molecule has 0 atom stereocenters. The van der Waals surface area contributed by atoms with E-state index in [1.165, 1.54) is 0 Å². The summed E-state index contributed by atoms with van der Waals surface area (Å²) in [5.74, 6) is -0.537. The van der Waals surface area contributed by atoms with E-state index in [0.717, 1.165) is 11.1 Å². The molecule has 0 aliphatic carbocycles. The molecule has 0 fully saturated rings. The average molecular weight is 338 g/mol. The quantitative estimate of drug-likeness (QED) is 0.794. The summed E-state index contributed by atoms with van der Waals surface area (Å²) in [6.45, 7) is 3.95. The van der Waals surface area contributed by atoms with Gasteiger partial charge in [0.05, 0.1) is 0 Å². The molecule has 0 heterocycles. The van der Waals surface area contributed by atoms with Crippen LogP contribution < -0.4 is 10.6 Å². The molecule has 0 aliphatic heterocycles. The largest absolute Gasteiger partial charge is 0.355 e. The van der Waals surface area contributed by atoms with Gasteiger partial charge < -0.3 is 10.6 Å². The van der Waals surface area contributed by atoms with Crippen LogP contribution in [0.1, 0.15) is 44.7 Å². The monoisotopic (exact) mass is 338 g/mol. The van der Waals surface area contributed by atoms with Gasteiger partial charge in [0, 0.05) is 36.7 Å². The molecule has 0 radical (unpaired) electrons. The molecule has 5 nitrogen and oxygen atoms in total. The standard InChI is InChI=1S/C20H22N2O3/c1-13-7-8-15(11-14(13)2)18(23)9-10-19(24)22-17-6-4-5-16(12-17)20(25)21-3/h4-8,11-12H,9-10H2,1-3H3,(H,21,25)(H,22,24). The number of nitrogens with one attached hydrogen (secondary N) is 2.